The zero-order valence-electron chi connectivity index (χ0n) is 8.88. The van der Waals surface area contributed by atoms with Crippen LogP contribution in [-0.2, 0) is 12.4 Å². The fourth-order valence-electron chi connectivity index (χ4n) is 1.79. The lowest BCUT2D eigenvalue weighted by atomic mass is 10.4. The second-order valence-corrected chi connectivity index (χ2v) is 4.58. The summed E-state index contributed by atoms with van der Waals surface area (Å²) in [6.07, 6.45) is 3.52. The number of imidazole rings is 1. The molecule has 3 aromatic rings. The van der Waals surface area contributed by atoms with E-state index in [0.717, 1.165) is 22.6 Å². The molecule has 0 N–H and O–H groups in total. The summed E-state index contributed by atoms with van der Waals surface area (Å²) in [6, 6.07) is 1.95. The van der Waals surface area contributed by atoms with Crippen LogP contribution in [-0.4, -0.2) is 19.5 Å². The summed E-state index contributed by atoms with van der Waals surface area (Å²) in [5, 5.41) is 2.03. The summed E-state index contributed by atoms with van der Waals surface area (Å²) in [5.41, 5.74) is 4.77. The van der Waals surface area contributed by atoms with Gasteiger partial charge in [-0.1, -0.05) is 0 Å². The predicted octanol–water partition coefficient (Wildman–Crippen LogP) is 2.67. The van der Waals surface area contributed by atoms with Crippen molar-refractivity contribution in [2.24, 2.45) is 0 Å². The highest BCUT2D eigenvalue weighted by molar-refractivity contribution is 7.07. The number of hydrogen-bond acceptors (Lipinski definition) is 4. The van der Waals surface area contributed by atoms with Gasteiger partial charge in [-0.25, -0.2) is 9.97 Å². The summed E-state index contributed by atoms with van der Waals surface area (Å²) in [4.78, 5) is 12.8. The van der Waals surface area contributed by atoms with E-state index in [1.165, 1.54) is 0 Å². The molecule has 0 spiro atoms. The summed E-state index contributed by atoms with van der Waals surface area (Å²) in [5.74, 6) is 1.24. The first-order chi connectivity index (χ1) is 8.38. The van der Waals surface area contributed by atoms with E-state index in [2.05, 4.69) is 19.5 Å². The Bertz CT molecular complexity index is 632. The minimum absolute atomic E-state index is 0.388. The van der Waals surface area contributed by atoms with Crippen LogP contribution in [0.2, 0.25) is 0 Å². The second kappa shape index (κ2) is 4.43. The zero-order chi connectivity index (χ0) is 11.7. The van der Waals surface area contributed by atoms with E-state index in [9.17, 15) is 0 Å². The number of pyridine rings is 1. The van der Waals surface area contributed by atoms with Crippen LogP contribution in [0.25, 0.3) is 11.0 Å². The van der Waals surface area contributed by atoms with Gasteiger partial charge in [0.1, 0.15) is 11.3 Å². The molecule has 0 saturated heterocycles. The summed E-state index contributed by atoms with van der Waals surface area (Å²) < 4.78 is 2.08. The standard InChI is InChI=1S/C11H9ClN4S/c12-3-11-15-9-4-13-2-1-10(9)16(11)5-8-6-17-7-14-8/h1-2,4,6-7H,3,5H2. The van der Waals surface area contributed by atoms with Crippen LogP contribution in [0.15, 0.2) is 29.4 Å². The molecule has 0 atom stereocenters. The first kappa shape index (κ1) is 10.7. The average molecular weight is 265 g/mol. The molecule has 3 rings (SSSR count). The quantitative estimate of drug-likeness (QED) is 0.683. The minimum atomic E-state index is 0.388. The van der Waals surface area contributed by atoms with Crippen molar-refractivity contribution in [3.05, 3.63) is 40.9 Å². The lowest BCUT2D eigenvalue weighted by Crippen LogP contribution is -2.03. The Morgan fingerprint density at radius 2 is 2.35 bits per heavy atom. The summed E-state index contributed by atoms with van der Waals surface area (Å²) in [6.45, 7) is 0.700. The first-order valence-corrected chi connectivity index (χ1v) is 6.58. The Kier molecular flexibility index (Phi) is 2.78. The SMILES string of the molecule is ClCc1nc2cnccc2n1Cc1cscn1. The smallest absolute Gasteiger partial charge is 0.125 e. The lowest BCUT2D eigenvalue weighted by molar-refractivity contribution is 0.763. The molecule has 0 amide bonds. The molecule has 0 fully saturated rings. The fourth-order valence-corrected chi connectivity index (χ4v) is 2.54. The van der Waals surface area contributed by atoms with E-state index in [1.54, 1.807) is 23.7 Å². The molecule has 86 valence electrons. The third-order valence-electron chi connectivity index (χ3n) is 2.55. The number of rotatable bonds is 3. The van der Waals surface area contributed by atoms with Crippen molar-refractivity contribution in [2.75, 3.05) is 0 Å². The van der Waals surface area contributed by atoms with E-state index < -0.39 is 0 Å². The van der Waals surface area contributed by atoms with Crippen molar-refractivity contribution in [3.8, 4) is 0 Å². The van der Waals surface area contributed by atoms with Crippen LogP contribution in [0, 0.1) is 0 Å². The molecule has 0 radical (unpaired) electrons. The van der Waals surface area contributed by atoms with Gasteiger partial charge in [0, 0.05) is 11.6 Å². The summed E-state index contributed by atoms with van der Waals surface area (Å²) in [7, 11) is 0. The number of alkyl halides is 1. The number of thiazole rings is 1. The molecule has 0 aliphatic rings. The van der Waals surface area contributed by atoms with Gasteiger partial charge in [0.2, 0.25) is 0 Å². The topological polar surface area (TPSA) is 43.6 Å². The Labute approximate surface area is 107 Å². The Morgan fingerprint density at radius 3 is 3.12 bits per heavy atom. The van der Waals surface area contributed by atoms with Gasteiger partial charge in [0.05, 0.1) is 35.3 Å². The highest BCUT2D eigenvalue weighted by Gasteiger charge is 2.10. The van der Waals surface area contributed by atoms with Gasteiger partial charge in [0.15, 0.2) is 0 Å². The fraction of sp³-hybridized carbons (Fsp3) is 0.182. The molecule has 3 heterocycles. The highest BCUT2D eigenvalue weighted by Crippen LogP contribution is 2.18. The zero-order valence-corrected chi connectivity index (χ0v) is 10.4. The predicted molar refractivity (Wildman–Crippen MR) is 68.3 cm³/mol. The number of halogens is 1. The number of fused-ring (bicyclic) bond motifs is 1. The molecule has 0 bridgehead atoms. The number of aromatic nitrogens is 4. The van der Waals surface area contributed by atoms with Crippen LogP contribution >= 0.6 is 22.9 Å². The largest absolute Gasteiger partial charge is 0.321 e. The minimum Gasteiger partial charge on any atom is -0.321 e. The lowest BCUT2D eigenvalue weighted by Gasteiger charge is -2.04. The second-order valence-electron chi connectivity index (χ2n) is 3.59. The van der Waals surface area contributed by atoms with Crippen LogP contribution in [0.4, 0.5) is 0 Å². The molecular formula is C11H9ClN4S. The van der Waals surface area contributed by atoms with Gasteiger partial charge < -0.3 is 4.57 Å². The van der Waals surface area contributed by atoms with Crippen molar-refractivity contribution in [1.82, 2.24) is 19.5 Å². The van der Waals surface area contributed by atoms with Crippen LogP contribution < -0.4 is 0 Å². The van der Waals surface area contributed by atoms with Crippen LogP contribution in [0.1, 0.15) is 11.5 Å². The van der Waals surface area contributed by atoms with Crippen molar-refractivity contribution < 1.29 is 0 Å². The Balaban J connectivity index is 2.12. The van der Waals surface area contributed by atoms with E-state index >= 15 is 0 Å². The molecular weight excluding hydrogens is 256 g/mol. The van der Waals surface area contributed by atoms with Crippen molar-refractivity contribution in [2.45, 2.75) is 12.4 Å². The molecule has 0 aliphatic carbocycles. The molecule has 0 aromatic carbocycles. The molecule has 0 aliphatic heterocycles. The highest BCUT2D eigenvalue weighted by atomic mass is 35.5. The normalized spacial score (nSPS) is 11.1. The maximum atomic E-state index is 5.92. The third kappa shape index (κ3) is 1.92. The molecule has 6 heteroatoms. The van der Waals surface area contributed by atoms with Crippen molar-refractivity contribution in [3.63, 3.8) is 0 Å². The van der Waals surface area contributed by atoms with Gasteiger partial charge in [0.25, 0.3) is 0 Å². The van der Waals surface area contributed by atoms with Gasteiger partial charge in [-0.2, -0.15) is 0 Å². The van der Waals surface area contributed by atoms with E-state index in [1.807, 2.05) is 17.0 Å². The number of hydrogen-bond donors (Lipinski definition) is 0. The van der Waals surface area contributed by atoms with Gasteiger partial charge >= 0.3 is 0 Å². The Morgan fingerprint density at radius 1 is 1.41 bits per heavy atom. The van der Waals surface area contributed by atoms with E-state index in [4.69, 9.17) is 11.6 Å². The van der Waals surface area contributed by atoms with Crippen molar-refractivity contribution >= 4 is 34.0 Å². The Hall–Kier alpha value is -1.46. The van der Waals surface area contributed by atoms with E-state index in [0.29, 0.717) is 12.4 Å². The average Bonchev–Trinajstić information content (AvgIpc) is 2.98. The van der Waals surface area contributed by atoms with Crippen LogP contribution in [0.3, 0.4) is 0 Å². The van der Waals surface area contributed by atoms with Crippen molar-refractivity contribution in [1.29, 1.82) is 0 Å². The third-order valence-corrected chi connectivity index (χ3v) is 3.43. The molecule has 17 heavy (non-hydrogen) atoms. The maximum absolute atomic E-state index is 5.92. The molecule has 4 nitrogen and oxygen atoms in total. The molecule has 3 aromatic heterocycles. The summed E-state index contributed by atoms with van der Waals surface area (Å²) >= 11 is 7.51. The van der Waals surface area contributed by atoms with Gasteiger partial charge in [-0.3, -0.25) is 4.98 Å². The monoisotopic (exact) mass is 264 g/mol. The first-order valence-electron chi connectivity index (χ1n) is 5.10. The van der Waals surface area contributed by atoms with E-state index in [-0.39, 0.29) is 0 Å². The van der Waals surface area contributed by atoms with Gasteiger partial charge in [-0.15, -0.1) is 22.9 Å². The van der Waals surface area contributed by atoms with Crippen LogP contribution in [0.5, 0.6) is 0 Å². The number of nitrogens with zero attached hydrogens (tertiary/aromatic N) is 4. The molecule has 0 unspecified atom stereocenters. The van der Waals surface area contributed by atoms with Gasteiger partial charge in [-0.05, 0) is 6.07 Å². The molecule has 0 saturated carbocycles. The maximum Gasteiger partial charge on any atom is 0.125 e.